The Kier molecular flexibility index (Phi) is 5.95. The number of aliphatic hydroxyl groups is 1. The summed E-state index contributed by atoms with van der Waals surface area (Å²) in [6, 6.07) is 3.46. The first-order valence-corrected chi connectivity index (χ1v) is 6.97. The summed E-state index contributed by atoms with van der Waals surface area (Å²) in [5.41, 5.74) is 0.775. The highest BCUT2D eigenvalue weighted by molar-refractivity contribution is 5.74. The van der Waals surface area contributed by atoms with Gasteiger partial charge in [0.15, 0.2) is 0 Å². The molecule has 2 amide bonds. The third kappa shape index (κ3) is 5.17. The summed E-state index contributed by atoms with van der Waals surface area (Å²) >= 11 is 0. The monoisotopic (exact) mass is 279 g/mol. The Morgan fingerprint density at radius 2 is 1.95 bits per heavy atom. The van der Waals surface area contributed by atoms with E-state index in [0.29, 0.717) is 0 Å². The minimum atomic E-state index is -0.575. The molecule has 20 heavy (non-hydrogen) atoms. The number of nitrogens with one attached hydrogen (secondary N) is 2. The molecule has 0 spiro atoms. The topological polar surface area (TPSA) is 74.2 Å². The van der Waals surface area contributed by atoms with Gasteiger partial charge < -0.3 is 15.7 Å². The first-order chi connectivity index (χ1) is 9.34. The molecular formula is C15H25N3O2. The summed E-state index contributed by atoms with van der Waals surface area (Å²) in [6.45, 7) is 8.05. The van der Waals surface area contributed by atoms with Crippen LogP contribution in [-0.2, 0) is 0 Å². The van der Waals surface area contributed by atoms with Crippen molar-refractivity contribution in [2.24, 2.45) is 5.41 Å². The van der Waals surface area contributed by atoms with Gasteiger partial charge in [-0.3, -0.25) is 4.98 Å². The molecular weight excluding hydrogens is 254 g/mol. The summed E-state index contributed by atoms with van der Waals surface area (Å²) in [6.07, 6.45) is 3.63. The van der Waals surface area contributed by atoms with Gasteiger partial charge in [0.2, 0.25) is 0 Å². The zero-order valence-electron chi connectivity index (χ0n) is 12.7. The highest BCUT2D eigenvalue weighted by Crippen LogP contribution is 2.18. The molecule has 2 atom stereocenters. The maximum Gasteiger partial charge on any atom is 0.315 e. The van der Waals surface area contributed by atoms with Crippen molar-refractivity contribution < 1.29 is 9.90 Å². The summed E-state index contributed by atoms with van der Waals surface area (Å²) in [7, 11) is 0. The fraction of sp³-hybridized carbons (Fsp3) is 0.600. The Morgan fingerprint density at radius 3 is 2.45 bits per heavy atom. The lowest BCUT2D eigenvalue weighted by atomic mass is 9.89. The van der Waals surface area contributed by atoms with Crippen molar-refractivity contribution in [3.63, 3.8) is 0 Å². The van der Waals surface area contributed by atoms with E-state index in [1.165, 1.54) is 0 Å². The molecule has 0 aliphatic rings. The minimum Gasteiger partial charge on any atom is -0.391 e. The van der Waals surface area contributed by atoms with Gasteiger partial charge in [0.05, 0.1) is 12.1 Å². The predicted octanol–water partition coefficient (Wildman–Crippen LogP) is 2.24. The lowest BCUT2D eigenvalue weighted by Crippen LogP contribution is -2.44. The van der Waals surface area contributed by atoms with Crippen LogP contribution in [0.1, 0.15) is 45.7 Å². The van der Waals surface area contributed by atoms with E-state index in [9.17, 15) is 9.90 Å². The van der Waals surface area contributed by atoms with E-state index in [-0.39, 0.29) is 24.0 Å². The quantitative estimate of drug-likeness (QED) is 0.774. The Labute approximate surface area is 120 Å². The molecule has 0 fully saturated rings. The van der Waals surface area contributed by atoms with Crippen LogP contribution in [0.2, 0.25) is 0 Å². The van der Waals surface area contributed by atoms with Gasteiger partial charge >= 0.3 is 6.03 Å². The van der Waals surface area contributed by atoms with Crippen LogP contribution >= 0.6 is 0 Å². The van der Waals surface area contributed by atoms with Crippen molar-refractivity contribution in [2.45, 2.75) is 46.3 Å². The third-order valence-corrected chi connectivity index (χ3v) is 3.28. The maximum absolute atomic E-state index is 11.9. The van der Waals surface area contributed by atoms with E-state index in [0.717, 1.165) is 12.0 Å². The standard InChI is InChI=1S/C15H25N3O2/c1-5-12(11-6-8-16-9-7-11)18-14(20)17-10-13(19)15(2,3)4/h6-9,12-13,19H,5,10H2,1-4H3,(H2,17,18,20). The molecule has 5 nitrogen and oxygen atoms in total. The first-order valence-electron chi connectivity index (χ1n) is 6.97. The van der Waals surface area contributed by atoms with Crippen LogP contribution in [0, 0.1) is 5.41 Å². The van der Waals surface area contributed by atoms with Crippen LogP contribution in [0.25, 0.3) is 0 Å². The Morgan fingerprint density at radius 1 is 1.35 bits per heavy atom. The summed E-state index contributed by atoms with van der Waals surface area (Å²) in [5, 5.41) is 15.5. The van der Waals surface area contributed by atoms with Crippen molar-refractivity contribution in [1.82, 2.24) is 15.6 Å². The number of carbonyl (C=O) groups excluding carboxylic acids is 1. The number of rotatable bonds is 5. The smallest absolute Gasteiger partial charge is 0.315 e. The normalized spacial score (nSPS) is 14.4. The van der Waals surface area contributed by atoms with Crippen molar-refractivity contribution in [2.75, 3.05) is 6.54 Å². The van der Waals surface area contributed by atoms with Crippen molar-refractivity contribution in [3.05, 3.63) is 30.1 Å². The van der Waals surface area contributed by atoms with Crippen LogP contribution in [0.15, 0.2) is 24.5 Å². The molecule has 0 bridgehead atoms. The van der Waals surface area contributed by atoms with Gasteiger partial charge in [-0.1, -0.05) is 27.7 Å². The van der Waals surface area contributed by atoms with Gasteiger partial charge in [0.1, 0.15) is 0 Å². The molecule has 112 valence electrons. The second-order valence-electron chi connectivity index (χ2n) is 5.98. The lowest BCUT2D eigenvalue weighted by Gasteiger charge is -2.26. The fourth-order valence-corrected chi connectivity index (χ4v) is 1.72. The molecule has 1 aromatic heterocycles. The van der Waals surface area contributed by atoms with Crippen LogP contribution in [0.4, 0.5) is 4.79 Å². The first kappa shape index (κ1) is 16.4. The van der Waals surface area contributed by atoms with Gasteiger partial charge in [-0.2, -0.15) is 0 Å². The average molecular weight is 279 g/mol. The molecule has 2 unspecified atom stereocenters. The number of aliphatic hydroxyl groups excluding tert-OH is 1. The van der Waals surface area contributed by atoms with Crippen molar-refractivity contribution >= 4 is 6.03 Å². The van der Waals surface area contributed by atoms with E-state index >= 15 is 0 Å². The largest absolute Gasteiger partial charge is 0.391 e. The van der Waals surface area contributed by atoms with E-state index in [1.54, 1.807) is 12.4 Å². The maximum atomic E-state index is 11.9. The molecule has 0 saturated heterocycles. The Balaban J connectivity index is 2.49. The highest BCUT2D eigenvalue weighted by Gasteiger charge is 2.22. The van der Waals surface area contributed by atoms with E-state index < -0.39 is 6.10 Å². The Hall–Kier alpha value is -1.62. The molecule has 0 radical (unpaired) electrons. The average Bonchev–Trinajstić information content (AvgIpc) is 2.42. The number of urea groups is 1. The SMILES string of the molecule is CCC(NC(=O)NCC(O)C(C)(C)C)c1ccncc1. The minimum absolute atomic E-state index is 0.0511. The second kappa shape index (κ2) is 7.24. The van der Waals surface area contributed by atoms with Gasteiger partial charge in [-0.15, -0.1) is 0 Å². The zero-order valence-corrected chi connectivity index (χ0v) is 12.7. The van der Waals surface area contributed by atoms with E-state index in [4.69, 9.17) is 0 Å². The lowest BCUT2D eigenvalue weighted by molar-refractivity contribution is 0.0649. The predicted molar refractivity (Wildman–Crippen MR) is 79.3 cm³/mol. The highest BCUT2D eigenvalue weighted by atomic mass is 16.3. The molecule has 1 aromatic rings. The number of aromatic nitrogens is 1. The molecule has 5 heteroatoms. The van der Waals surface area contributed by atoms with Crippen LogP contribution in [0.5, 0.6) is 0 Å². The number of hydrogen-bond acceptors (Lipinski definition) is 3. The fourth-order valence-electron chi connectivity index (χ4n) is 1.72. The molecule has 0 aliphatic carbocycles. The number of pyridine rings is 1. The van der Waals surface area contributed by atoms with Gasteiger partial charge in [-0.05, 0) is 29.5 Å². The van der Waals surface area contributed by atoms with Gasteiger partial charge in [0.25, 0.3) is 0 Å². The van der Waals surface area contributed by atoms with Crippen LogP contribution in [0.3, 0.4) is 0 Å². The van der Waals surface area contributed by atoms with Gasteiger partial charge in [0, 0.05) is 18.9 Å². The Bertz CT molecular complexity index is 415. The van der Waals surface area contributed by atoms with Gasteiger partial charge in [-0.25, -0.2) is 4.79 Å². The third-order valence-electron chi connectivity index (χ3n) is 3.28. The second-order valence-corrected chi connectivity index (χ2v) is 5.98. The number of carbonyl (C=O) groups is 1. The number of nitrogens with zero attached hydrogens (tertiary/aromatic N) is 1. The summed E-state index contributed by atoms with van der Waals surface area (Å²) < 4.78 is 0. The number of hydrogen-bond donors (Lipinski definition) is 3. The summed E-state index contributed by atoms with van der Waals surface area (Å²) in [4.78, 5) is 15.8. The molecule has 0 aliphatic heterocycles. The van der Waals surface area contributed by atoms with Crippen LogP contribution in [-0.4, -0.2) is 28.8 Å². The number of amides is 2. The van der Waals surface area contributed by atoms with E-state index in [2.05, 4.69) is 15.6 Å². The van der Waals surface area contributed by atoms with Crippen molar-refractivity contribution in [3.8, 4) is 0 Å². The van der Waals surface area contributed by atoms with Crippen molar-refractivity contribution in [1.29, 1.82) is 0 Å². The molecule has 1 heterocycles. The summed E-state index contributed by atoms with van der Waals surface area (Å²) in [5.74, 6) is 0. The molecule has 1 rings (SSSR count). The molecule has 0 saturated carbocycles. The van der Waals surface area contributed by atoms with E-state index in [1.807, 2.05) is 39.8 Å². The molecule has 0 aromatic carbocycles. The molecule has 3 N–H and O–H groups in total. The van der Waals surface area contributed by atoms with Crippen LogP contribution < -0.4 is 10.6 Å². The zero-order chi connectivity index (χ0) is 15.2.